The molecule has 0 saturated heterocycles. The van der Waals surface area contributed by atoms with Gasteiger partial charge < -0.3 is 9.47 Å². The lowest BCUT2D eigenvalue weighted by Gasteiger charge is -2.27. The van der Waals surface area contributed by atoms with Gasteiger partial charge in [-0.05, 0) is 47.9 Å². The summed E-state index contributed by atoms with van der Waals surface area (Å²) in [5, 5.41) is 0.859. The molecule has 3 rings (SSSR count). The molecule has 0 fully saturated rings. The molecule has 0 amide bonds. The van der Waals surface area contributed by atoms with E-state index in [-0.39, 0.29) is 18.9 Å². The fourth-order valence-corrected chi connectivity index (χ4v) is 4.48. The minimum Gasteiger partial charge on any atom is -0.486 e. The number of Topliss-reactive ketones (excluding diaryl/α,β-unsaturated/α-hetero) is 1. The number of benzene rings is 3. The van der Waals surface area contributed by atoms with Gasteiger partial charge in [0.2, 0.25) is 10.0 Å². The van der Waals surface area contributed by atoms with Crippen LogP contribution in [-0.4, -0.2) is 33.6 Å². The summed E-state index contributed by atoms with van der Waals surface area (Å²) < 4.78 is 35.7. The molecule has 0 spiro atoms. The van der Waals surface area contributed by atoms with Crippen LogP contribution in [0.15, 0.2) is 60.7 Å². The minimum absolute atomic E-state index is 0.236. The number of ether oxygens (including phenoxy) is 2. The van der Waals surface area contributed by atoms with Crippen molar-refractivity contribution in [2.45, 2.75) is 32.8 Å². The van der Waals surface area contributed by atoms with Crippen molar-refractivity contribution in [2.75, 3.05) is 19.4 Å². The van der Waals surface area contributed by atoms with Crippen LogP contribution in [0.4, 0.5) is 0 Å². The molecule has 0 heterocycles. The molecule has 0 saturated carbocycles. The predicted octanol–water partition coefficient (Wildman–Crippen LogP) is 5.70. The third-order valence-electron chi connectivity index (χ3n) is 5.73. The van der Waals surface area contributed by atoms with Crippen LogP contribution in [0.2, 0.25) is 10.0 Å². The van der Waals surface area contributed by atoms with Gasteiger partial charge in [0.15, 0.2) is 11.5 Å². The first kappa shape index (κ1) is 28.0. The van der Waals surface area contributed by atoms with Crippen LogP contribution in [0.5, 0.6) is 11.5 Å². The highest BCUT2D eigenvalue weighted by Crippen LogP contribution is 2.41. The van der Waals surface area contributed by atoms with Crippen LogP contribution in [0.1, 0.15) is 36.1 Å². The normalized spacial score (nSPS) is 11.8. The van der Waals surface area contributed by atoms with Crippen molar-refractivity contribution in [1.29, 1.82) is 0 Å². The molecule has 0 unspecified atom stereocenters. The number of halogens is 2. The quantitative estimate of drug-likeness (QED) is 0.331. The summed E-state index contributed by atoms with van der Waals surface area (Å²) in [4.78, 5) is 11.8. The second-order valence-corrected chi connectivity index (χ2v) is 11.8. The number of aryl methyl sites for hydroxylation is 1. The topological polar surface area (TPSA) is 81.7 Å². The second kappa shape index (κ2) is 11.6. The number of hydrogen-bond acceptors (Lipinski definition) is 5. The summed E-state index contributed by atoms with van der Waals surface area (Å²) >= 11 is 13.1. The average Bonchev–Trinajstić information content (AvgIpc) is 2.81. The standard InChI is InChI=1S/C27H29Cl2NO5S/c1-18-5-7-19(8-6-18)16-35-26-24(28)13-21(14-25(26)29)27(2,3)20-9-11-23(12-10-20)34-17-22(31)15-30-36(4,32)33/h5-14,30H,15-17H2,1-4H3. The summed E-state index contributed by atoms with van der Waals surface area (Å²) in [6, 6.07) is 19.1. The van der Waals surface area contributed by atoms with Gasteiger partial charge >= 0.3 is 0 Å². The molecule has 0 radical (unpaired) electrons. The van der Waals surface area contributed by atoms with E-state index in [0.29, 0.717) is 28.2 Å². The molecule has 0 aliphatic heterocycles. The maximum Gasteiger partial charge on any atom is 0.209 e. The molecule has 9 heteroatoms. The summed E-state index contributed by atoms with van der Waals surface area (Å²) in [6.45, 7) is 5.95. The zero-order valence-electron chi connectivity index (χ0n) is 20.6. The molecule has 3 aromatic rings. The second-order valence-electron chi connectivity index (χ2n) is 9.11. The lowest BCUT2D eigenvalue weighted by molar-refractivity contribution is -0.119. The number of ketones is 1. The third kappa shape index (κ3) is 7.71. The van der Waals surface area contributed by atoms with E-state index in [2.05, 4.69) is 18.6 Å². The summed E-state index contributed by atoms with van der Waals surface area (Å²) in [7, 11) is -3.43. The van der Waals surface area contributed by atoms with Gasteiger partial charge in [-0.15, -0.1) is 0 Å². The molecule has 0 bridgehead atoms. The van der Waals surface area contributed by atoms with Crippen molar-refractivity contribution in [1.82, 2.24) is 4.72 Å². The molecule has 192 valence electrons. The average molecular weight is 551 g/mol. The van der Waals surface area contributed by atoms with Gasteiger partial charge in [0, 0.05) is 5.41 Å². The van der Waals surface area contributed by atoms with E-state index in [4.69, 9.17) is 32.7 Å². The van der Waals surface area contributed by atoms with Gasteiger partial charge in [-0.3, -0.25) is 4.79 Å². The Kier molecular flexibility index (Phi) is 9.06. The van der Waals surface area contributed by atoms with Crippen molar-refractivity contribution >= 4 is 39.0 Å². The molecule has 1 N–H and O–H groups in total. The first-order chi connectivity index (χ1) is 16.8. The minimum atomic E-state index is -3.43. The molecule has 0 atom stereocenters. The summed E-state index contributed by atoms with van der Waals surface area (Å²) in [5.74, 6) is 0.564. The maximum atomic E-state index is 11.8. The number of carbonyl (C=O) groups excluding carboxylic acids is 1. The largest absolute Gasteiger partial charge is 0.486 e. The lowest BCUT2D eigenvalue weighted by atomic mass is 9.78. The van der Waals surface area contributed by atoms with Gasteiger partial charge in [0.25, 0.3) is 0 Å². The van der Waals surface area contributed by atoms with E-state index in [1.807, 2.05) is 55.5 Å². The SMILES string of the molecule is Cc1ccc(COc2c(Cl)cc(C(C)(C)c3ccc(OCC(=O)CNS(C)(=O)=O)cc3)cc2Cl)cc1. The van der Waals surface area contributed by atoms with Crippen LogP contribution in [0.3, 0.4) is 0 Å². The van der Waals surface area contributed by atoms with E-state index >= 15 is 0 Å². The Hall–Kier alpha value is -2.58. The van der Waals surface area contributed by atoms with Crippen molar-refractivity contribution < 1.29 is 22.7 Å². The van der Waals surface area contributed by atoms with Crippen molar-refractivity contribution in [3.05, 3.63) is 93.0 Å². The number of carbonyl (C=O) groups is 1. The van der Waals surface area contributed by atoms with E-state index in [9.17, 15) is 13.2 Å². The maximum absolute atomic E-state index is 11.8. The van der Waals surface area contributed by atoms with Gasteiger partial charge in [0.05, 0.1) is 22.8 Å². The zero-order valence-corrected chi connectivity index (χ0v) is 22.9. The van der Waals surface area contributed by atoms with Crippen LogP contribution in [0, 0.1) is 6.92 Å². The van der Waals surface area contributed by atoms with Crippen LogP contribution >= 0.6 is 23.2 Å². The summed E-state index contributed by atoms with van der Waals surface area (Å²) in [5.41, 5.74) is 3.66. The lowest BCUT2D eigenvalue weighted by Crippen LogP contribution is -2.31. The summed E-state index contributed by atoms with van der Waals surface area (Å²) in [6.07, 6.45) is 0.994. The molecule has 0 aliphatic carbocycles. The highest BCUT2D eigenvalue weighted by molar-refractivity contribution is 7.88. The highest BCUT2D eigenvalue weighted by Gasteiger charge is 2.26. The number of rotatable bonds is 11. The molecular formula is C27H29Cl2NO5S. The van der Waals surface area contributed by atoms with Crippen LogP contribution < -0.4 is 14.2 Å². The first-order valence-electron chi connectivity index (χ1n) is 11.2. The molecular weight excluding hydrogens is 521 g/mol. The van der Waals surface area contributed by atoms with Gasteiger partial charge in [-0.25, -0.2) is 13.1 Å². The van der Waals surface area contributed by atoms with Gasteiger partial charge in [-0.1, -0.05) is 79.0 Å². The van der Waals surface area contributed by atoms with Crippen molar-refractivity contribution in [2.24, 2.45) is 0 Å². The van der Waals surface area contributed by atoms with E-state index in [1.165, 1.54) is 5.56 Å². The first-order valence-corrected chi connectivity index (χ1v) is 13.9. The Labute approximate surface area is 222 Å². The Bertz CT molecular complexity index is 1300. The van der Waals surface area contributed by atoms with Crippen molar-refractivity contribution in [3.63, 3.8) is 0 Å². The van der Waals surface area contributed by atoms with E-state index in [1.54, 1.807) is 12.1 Å². The number of nitrogens with one attached hydrogen (secondary N) is 1. The van der Waals surface area contributed by atoms with Gasteiger partial charge in [0.1, 0.15) is 19.0 Å². The fourth-order valence-electron chi connectivity index (χ4n) is 3.46. The molecule has 36 heavy (non-hydrogen) atoms. The third-order valence-corrected chi connectivity index (χ3v) is 6.96. The van der Waals surface area contributed by atoms with Crippen LogP contribution in [-0.2, 0) is 26.8 Å². The van der Waals surface area contributed by atoms with E-state index in [0.717, 1.165) is 22.9 Å². The Morgan fingerprint density at radius 3 is 2.06 bits per heavy atom. The number of sulfonamides is 1. The Morgan fingerprint density at radius 2 is 1.50 bits per heavy atom. The van der Waals surface area contributed by atoms with Crippen molar-refractivity contribution in [3.8, 4) is 11.5 Å². The van der Waals surface area contributed by atoms with E-state index < -0.39 is 15.4 Å². The highest BCUT2D eigenvalue weighted by atomic mass is 35.5. The van der Waals surface area contributed by atoms with Gasteiger partial charge in [-0.2, -0.15) is 0 Å². The molecule has 0 aliphatic rings. The Balaban J connectivity index is 1.67. The predicted molar refractivity (Wildman–Crippen MR) is 144 cm³/mol. The monoisotopic (exact) mass is 549 g/mol. The molecule has 3 aromatic carbocycles. The zero-order chi connectivity index (χ0) is 26.5. The number of hydrogen-bond donors (Lipinski definition) is 1. The molecule has 0 aromatic heterocycles. The smallest absolute Gasteiger partial charge is 0.209 e. The van der Waals surface area contributed by atoms with Crippen LogP contribution in [0.25, 0.3) is 0 Å². The molecule has 6 nitrogen and oxygen atoms in total. The fraction of sp³-hybridized carbons (Fsp3) is 0.296. The Morgan fingerprint density at radius 1 is 0.917 bits per heavy atom.